The van der Waals surface area contributed by atoms with Gasteiger partial charge >= 0.3 is 0 Å². The molecule has 2 aromatic carbocycles. The molecule has 0 spiro atoms. The summed E-state index contributed by atoms with van der Waals surface area (Å²) in [6.07, 6.45) is 6.08. The van der Waals surface area contributed by atoms with E-state index < -0.39 is 17.7 Å². The monoisotopic (exact) mass is 636 g/mol. The summed E-state index contributed by atoms with van der Waals surface area (Å²) >= 11 is 0. The van der Waals surface area contributed by atoms with Gasteiger partial charge in [0.2, 0.25) is 11.7 Å². The third kappa shape index (κ3) is 7.85. The fraction of sp³-hybridized carbons (Fsp3) is 0.323. The second-order valence-corrected chi connectivity index (χ2v) is 10.6. The summed E-state index contributed by atoms with van der Waals surface area (Å²) in [7, 11) is 1.26. The van der Waals surface area contributed by atoms with Gasteiger partial charge in [-0.1, -0.05) is 6.92 Å². The number of nitrogens with two attached hydrogens (primary N) is 3. The number of carbonyl (C=O) groups excluding carboxylic acids is 2. The number of aliphatic imine (C=N–C) groups is 1. The van der Waals surface area contributed by atoms with Gasteiger partial charge < -0.3 is 37.9 Å². The molecule has 0 fully saturated rings. The Morgan fingerprint density at radius 2 is 1.91 bits per heavy atom. The van der Waals surface area contributed by atoms with Gasteiger partial charge in [0, 0.05) is 48.3 Å². The van der Waals surface area contributed by atoms with Crippen LogP contribution in [0.2, 0.25) is 0 Å². The molecule has 4 rings (SSSR count). The molecule has 15 heteroatoms. The van der Waals surface area contributed by atoms with Gasteiger partial charge in [-0.25, -0.2) is 14.4 Å². The topological polar surface area (TPSA) is 200 Å². The fourth-order valence-electron chi connectivity index (χ4n) is 4.80. The number of hydrogen-bond donors (Lipinski definition) is 6. The van der Waals surface area contributed by atoms with Gasteiger partial charge in [0.25, 0.3) is 5.91 Å². The van der Waals surface area contributed by atoms with E-state index in [1.54, 1.807) is 29.7 Å². The third-order valence-corrected chi connectivity index (χ3v) is 7.23. The average molecular weight is 637 g/mol. The highest BCUT2D eigenvalue weighted by molar-refractivity contribution is 5.96. The number of ether oxygens (including phenoxy) is 1. The van der Waals surface area contributed by atoms with Crippen LogP contribution < -0.4 is 37.9 Å². The summed E-state index contributed by atoms with van der Waals surface area (Å²) in [4.78, 5) is 38.1. The van der Waals surface area contributed by atoms with E-state index in [4.69, 9.17) is 21.9 Å². The lowest BCUT2D eigenvalue weighted by Crippen LogP contribution is -2.47. The van der Waals surface area contributed by atoms with Crippen molar-refractivity contribution in [2.45, 2.75) is 45.2 Å². The maximum atomic E-state index is 14.8. The number of methoxy groups -OCH3 is 1. The van der Waals surface area contributed by atoms with Gasteiger partial charge in [-0.05, 0) is 62.1 Å². The van der Waals surface area contributed by atoms with Gasteiger partial charge in [-0.3, -0.25) is 19.0 Å². The molecule has 13 nitrogen and oxygen atoms in total. The van der Waals surface area contributed by atoms with Gasteiger partial charge in [0.15, 0.2) is 29.0 Å². The second-order valence-electron chi connectivity index (χ2n) is 10.6. The molecule has 0 aliphatic heterocycles. The number of halogens is 2. The van der Waals surface area contributed by atoms with Crippen LogP contribution >= 0.6 is 0 Å². The Balaban J connectivity index is 1.41. The first-order valence-corrected chi connectivity index (χ1v) is 14.7. The molecule has 2 aromatic heterocycles. The lowest BCUT2D eigenvalue weighted by Gasteiger charge is -2.18. The molecule has 244 valence electrons. The predicted molar refractivity (Wildman–Crippen MR) is 172 cm³/mol. The zero-order chi connectivity index (χ0) is 33.4. The number of hydrogen-bond acceptors (Lipinski definition) is 8. The lowest BCUT2D eigenvalue weighted by atomic mass is 10.0. The number of aromatic nitrogens is 3. The van der Waals surface area contributed by atoms with Crippen molar-refractivity contribution in [1.29, 1.82) is 0 Å². The molecule has 0 saturated heterocycles. The molecule has 0 unspecified atom stereocenters. The van der Waals surface area contributed by atoms with E-state index >= 15 is 0 Å². The molecule has 2 atom stereocenters. The summed E-state index contributed by atoms with van der Waals surface area (Å²) in [5.41, 5.74) is 19.2. The summed E-state index contributed by atoms with van der Waals surface area (Å²) in [6, 6.07) is 6.95. The molecular weight excluding hydrogens is 598 g/mol. The van der Waals surface area contributed by atoms with Crippen molar-refractivity contribution >= 4 is 34.9 Å². The number of carbonyl (C=O) groups is 2. The Hall–Kier alpha value is -5.31. The van der Waals surface area contributed by atoms with E-state index in [9.17, 15) is 18.4 Å². The van der Waals surface area contributed by atoms with Crippen molar-refractivity contribution in [3.8, 4) is 17.0 Å². The first-order valence-electron chi connectivity index (χ1n) is 14.7. The SMILES string of the molecule is CCc1cc(Nc2nccn3c(-c4ccc(OC)c(F)c4F)cnc23)ccc1C(=O)N[C@@H](C)CNC(=O)[C@@H](N)CCCN=C(N)N. The van der Waals surface area contributed by atoms with Crippen molar-refractivity contribution in [2.75, 3.05) is 25.5 Å². The Morgan fingerprint density at radius 3 is 2.63 bits per heavy atom. The number of aryl methyl sites for hydroxylation is 1. The summed E-state index contributed by atoms with van der Waals surface area (Å²) in [6.45, 7) is 4.29. The highest BCUT2D eigenvalue weighted by Gasteiger charge is 2.20. The molecule has 2 amide bonds. The van der Waals surface area contributed by atoms with Gasteiger partial charge in [0.1, 0.15) is 0 Å². The maximum Gasteiger partial charge on any atom is 0.251 e. The minimum Gasteiger partial charge on any atom is -0.494 e. The molecule has 0 bridgehead atoms. The van der Waals surface area contributed by atoms with Crippen LogP contribution in [0.15, 0.2) is 53.9 Å². The standard InChI is InChI=1S/C31H38F2N10O3/c1-4-18-14-19(7-8-20(18)29(44)41-17(2)15-40-30(45)22(34)6-5-11-38-31(35)36)42-27-28-39-16-23(43(28)13-12-37-27)21-9-10-24(46-3)26(33)25(21)32/h7-10,12-14,16-17,22H,4-6,11,15,34H2,1-3H3,(H,37,42)(H,40,45)(H,41,44)(H4,35,36,38)/t17-,22-/m0/s1. The van der Waals surface area contributed by atoms with E-state index in [1.807, 2.05) is 13.0 Å². The Kier molecular flexibility index (Phi) is 11.0. The van der Waals surface area contributed by atoms with Crippen LogP contribution in [0.5, 0.6) is 5.75 Å². The number of anilines is 2. The molecular formula is C31H38F2N10O3. The largest absolute Gasteiger partial charge is 0.494 e. The summed E-state index contributed by atoms with van der Waals surface area (Å²) < 4.78 is 35.7. The van der Waals surface area contributed by atoms with Crippen LogP contribution in [0.1, 0.15) is 42.6 Å². The van der Waals surface area contributed by atoms with Crippen LogP contribution in [0.3, 0.4) is 0 Å². The lowest BCUT2D eigenvalue weighted by molar-refractivity contribution is -0.122. The van der Waals surface area contributed by atoms with E-state index in [-0.39, 0.29) is 41.7 Å². The van der Waals surface area contributed by atoms with Crippen LogP contribution in [0.25, 0.3) is 16.9 Å². The van der Waals surface area contributed by atoms with E-state index in [1.165, 1.54) is 31.6 Å². The number of benzene rings is 2. The minimum absolute atomic E-state index is 0.0121. The number of rotatable bonds is 14. The number of fused-ring (bicyclic) bond motifs is 1. The molecule has 0 aliphatic carbocycles. The molecule has 0 radical (unpaired) electrons. The molecule has 4 aromatic rings. The molecule has 0 saturated carbocycles. The van der Waals surface area contributed by atoms with Crippen LogP contribution in [0, 0.1) is 11.6 Å². The fourth-order valence-corrected chi connectivity index (χ4v) is 4.80. The van der Waals surface area contributed by atoms with Gasteiger partial charge in [-0.2, -0.15) is 4.39 Å². The van der Waals surface area contributed by atoms with Gasteiger partial charge in [0.05, 0.1) is 25.0 Å². The van der Waals surface area contributed by atoms with Crippen LogP contribution in [-0.4, -0.2) is 64.4 Å². The van der Waals surface area contributed by atoms with Crippen molar-refractivity contribution < 1.29 is 23.1 Å². The van der Waals surface area contributed by atoms with Crippen LogP contribution in [-0.2, 0) is 11.2 Å². The normalized spacial score (nSPS) is 12.3. The molecule has 0 aliphatic rings. The second kappa shape index (κ2) is 15.1. The Morgan fingerprint density at radius 1 is 1.13 bits per heavy atom. The molecule has 2 heterocycles. The number of nitrogens with zero attached hydrogens (tertiary/aromatic N) is 4. The number of amides is 2. The number of nitrogens with one attached hydrogen (secondary N) is 3. The quantitative estimate of drug-likeness (QED) is 0.0684. The molecule has 46 heavy (non-hydrogen) atoms. The first kappa shape index (κ1) is 33.6. The highest BCUT2D eigenvalue weighted by Crippen LogP contribution is 2.31. The maximum absolute atomic E-state index is 14.8. The van der Waals surface area contributed by atoms with Crippen LogP contribution in [0.4, 0.5) is 20.3 Å². The van der Waals surface area contributed by atoms with Gasteiger partial charge in [-0.15, -0.1) is 0 Å². The van der Waals surface area contributed by atoms with E-state index in [0.29, 0.717) is 54.2 Å². The minimum atomic E-state index is -1.09. The Labute approximate surface area is 264 Å². The summed E-state index contributed by atoms with van der Waals surface area (Å²) in [5, 5.41) is 8.88. The van der Waals surface area contributed by atoms with E-state index in [0.717, 1.165) is 5.56 Å². The van der Waals surface area contributed by atoms with Crippen molar-refractivity contribution in [1.82, 2.24) is 25.0 Å². The first-order chi connectivity index (χ1) is 22.0. The number of imidazole rings is 1. The third-order valence-electron chi connectivity index (χ3n) is 7.23. The smallest absolute Gasteiger partial charge is 0.251 e. The zero-order valence-corrected chi connectivity index (χ0v) is 25.8. The van der Waals surface area contributed by atoms with E-state index in [2.05, 4.69) is 30.9 Å². The number of guanidine groups is 1. The zero-order valence-electron chi connectivity index (χ0n) is 25.8. The molecule has 9 N–H and O–H groups in total. The Bertz CT molecular complexity index is 1740. The van der Waals surface area contributed by atoms with Crippen molar-refractivity contribution in [3.63, 3.8) is 0 Å². The summed E-state index contributed by atoms with van der Waals surface area (Å²) in [5.74, 6) is -2.59. The highest BCUT2D eigenvalue weighted by atomic mass is 19.2. The van der Waals surface area contributed by atoms with Crippen molar-refractivity contribution in [2.24, 2.45) is 22.2 Å². The van der Waals surface area contributed by atoms with Crippen molar-refractivity contribution in [3.05, 3.63) is 71.7 Å². The predicted octanol–water partition coefficient (Wildman–Crippen LogP) is 2.60. The average Bonchev–Trinajstić information content (AvgIpc) is 3.47.